The van der Waals surface area contributed by atoms with Crippen LogP contribution in [0.25, 0.3) is 6.08 Å². The fraction of sp³-hybridized carbons (Fsp3) is 0.529. The maximum Gasteiger partial charge on any atom is 0.492 e. The Bertz CT molecular complexity index is 610. The standard InChI is InChI=1S/C17H25BN2O3/c1-12-14(8-7-9-19-12)10-15(11-20-13(2)21)18-22-16(3,4)17(5,6)23-18/h7-10H,11H2,1-6H3,(H,20,21). The zero-order valence-electron chi connectivity index (χ0n) is 14.8. The molecule has 0 spiro atoms. The Morgan fingerprint density at radius 3 is 2.43 bits per heavy atom. The average molecular weight is 316 g/mol. The molecule has 1 aromatic rings. The molecule has 23 heavy (non-hydrogen) atoms. The number of nitrogens with one attached hydrogen (secondary N) is 1. The van der Waals surface area contributed by atoms with E-state index in [0.29, 0.717) is 6.54 Å². The lowest BCUT2D eigenvalue weighted by atomic mass is 9.77. The van der Waals surface area contributed by atoms with E-state index in [1.54, 1.807) is 6.20 Å². The number of carbonyl (C=O) groups is 1. The maximum absolute atomic E-state index is 11.3. The molecule has 1 amide bonds. The highest BCUT2D eigenvalue weighted by molar-refractivity contribution is 6.56. The van der Waals surface area contributed by atoms with Crippen molar-refractivity contribution < 1.29 is 14.1 Å². The topological polar surface area (TPSA) is 60.5 Å². The number of aromatic nitrogens is 1. The lowest BCUT2D eigenvalue weighted by Gasteiger charge is -2.32. The van der Waals surface area contributed by atoms with Gasteiger partial charge in [0, 0.05) is 25.4 Å². The van der Waals surface area contributed by atoms with Crippen molar-refractivity contribution in [3.05, 3.63) is 35.1 Å². The van der Waals surface area contributed by atoms with E-state index < -0.39 is 18.3 Å². The number of pyridine rings is 1. The monoisotopic (exact) mass is 316 g/mol. The van der Waals surface area contributed by atoms with Gasteiger partial charge in [0.1, 0.15) is 0 Å². The van der Waals surface area contributed by atoms with Gasteiger partial charge < -0.3 is 14.6 Å². The Balaban J connectivity index is 2.32. The summed E-state index contributed by atoms with van der Waals surface area (Å²) in [5.74, 6) is -0.0877. The fourth-order valence-corrected chi connectivity index (χ4v) is 2.27. The van der Waals surface area contributed by atoms with E-state index in [-0.39, 0.29) is 5.91 Å². The van der Waals surface area contributed by atoms with Crippen molar-refractivity contribution in [2.45, 2.75) is 52.7 Å². The number of nitrogens with zero attached hydrogens (tertiary/aromatic N) is 1. The van der Waals surface area contributed by atoms with Crippen molar-refractivity contribution in [3.63, 3.8) is 0 Å². The Hall–Kier alpha value is -1.66. The summed E-state index contributed by atoms with van der Waals surface area (Å²) in [6.07, 6.45) is 3.75. The molecule has 2 rings (SSSR count). The van der Waals surface area contributed by atoms with Crippen molar-refractivity contribution in [1.29, 1.82) is 0 Å². The van der Waals surface area contributed by atoms with Crippen LogP contribution in [-0.2, 0) is 14.1 Å². The second kappa shape index (κ2) is 6.45. The first-order valence-corrected chi connectivity index (χ1v) is 7.84. The van der Waals surface area contributed by atoms with Crippen LogP contribution in [0.15, 0.2) is 23.8 Å². The Morgan fingerprint density at radius 1 is 1.30 bits per heavy atom. The van der Waals surface area contributed by atoms with Crippen LogP contribution in [0.4, 0.5) is 0 Å². The molecule has 0 saturated carbocycles. The molecule has 0 unspecified atom stereocenters. The number of aryl methyl sites for hydroxylation is 1. The van der Waals surface area contributed by atoms with Gasteiger partial charge in [0.2, 0.25) is 5.91 Å². The molecule has 1 N–H and O–H groups in total. The Morgan fingerprint density at radius 2 is 1.91 bits per heavy atom. The zero-order valence-corrected chi connectivity index (χ0v) is 14.8. The van der Waals surface area contributed by atoms with Crippen LogP contribution in [0.1, 0.15) is 45.9 Å². The third-order valence-corrected chi connectivity index (χ3v) is 4.49. The summed E-state index contributed by atoms with van der Waals surface area (Å²) in [6, 6.07) is 3.88. The predicted octanol–water partition coefficient (Wildman–Crippen LogP) is 2.54. The number of amides is 1. The smallest absolute Gasteiger partial charge is 0.400 e. The first-order chi connectivity index (χ1) is 10.6. The van der Waals surface area contributed by atoms with Gasteiger partial charge in [-0.05, 0) is 51.7 Å². The minimum atomic E-state index is -0.494. The minimum absolute atomic E-state index is 0.0877. The van der Waals surface area contributed by atoms with Crippen LogP contribution in [0.5, 0.6) is 0 Å². The zero-order chi connectivity index (χ0) is 17.3. The largest absolute Gasteiger partial charge is 0.492 e. The fourth-order valence-electron chi connectivity index (χ4n) is 2.27. The van der Waals surface area contributed by atoms with E-state index in [1.165, 1.54) is 6.92 Å². The molecule has 0 aliphatic carbocycles. The van der Waals surface area contributed by atoms with Gasteiger partial charge in [-0.25, -0.2) is 0 Å². The van der Waals surface area contributed by atoms with E-state index in [4.69, 9.17) is 9.31 Å². The molecule has 1 aromatic heterocycles. The molecule has 0 aromatic carbocycles. The van der Waals surface area contributed by atoms with E-state index in [9.17, 15) is 4.79 Å². The summed E-state index contributed by atoms with van der Waals surface area (Å²) in [7, 11) is -0.494. The third-order valence-electron chi connectivity index (χ3n) is 4.49. The van der Waals surface area contributed by atoms with E-state index in [1.807, 2.05) is 52.8 Å². The van der Waals surface area contributed by atoms with Gasteiger partial charge in [-0.2, -0.15) is 0 Å². The Kier molecular flexibility index (Phi) is 4.97. The third kappa shape index (κ3) is 4.01. The minimum Gasteiger partial charge on any atom is -0.400 e. The molecule has 1 aliphatic heterocycles. The van der Waals surface area contributed by atoms with Gasteiger partial charge in [-0.1, -0.05) is 12.1 Å². The number of carbonyl (C=O) groups excluding carboxylic acids is 1. The van der Waals surface area contributed by atoms with Crippen LogP contribution in [-0.4, -0.2) is 35.8 Å². The summed E-state index contributed by atoms with van der Waals surface area (Å²) in [6.45, 7) is 11.9. The molecule has 2 heterocycles. The van der Waals surface area contributed by atoms with Crippen LogP contribution < -0.4 is 5.32 Å². The van der Waals surface area contributed by atoms with Crippen molar-refractivity contribution in [2.24, 2.45) is 0 Å². The maximum atomic E-state index is 11.3. The van der Waals surface area contributed by atoms with Gasteiger partial charge in [-0.3, -0.25) is 9.78 Å². The van der Waals surface area contributed by atoms with Gasteiger partial charge in [0.05, 0.1) is 11.2 Å². The summed E-state index contributed by atoms with van der Waals surface area (Å²) in [5, 5.41) is 2.83. The normalized spacial score (nSPS) is 19.7. The predicted molar refractivity (Wildman–Crippen MR) is 91.7 cm³/mol. The summed E-state index contributed by atoms with van der Waals surface area (Å²) < 4.78 is 12.2. The van der Waals surface area contributed by atoms with Gasteiger partial charge in [0.15, 0.2) is 0 Å². The molecule has 6 heteroatoms. The number of rotatable bonds is 4. The van der Waals surface area contributed by atoms with E-state index in [2.05, 4.69) is 10.3 Å². The number of hydrogen-bond donors (Lipinski definition) is 1. The lowest BCUT2D eigenvalue weighted by molar-refractivity contribution is -0.118. The highest BCUT2D eigenvalue weighted by Gasteiger charge is 2.52. The highest BCUT2D eigenvalue weighted by atomic mass is 16.7. The quantitative estimate of drug-likeness (QED) is 0.867. The van der Waals surface area contributed by atoms with Crippen molar-refractivity contribution in [3.8, 4) is 0 Å². The molecule has 0 radical (unpaired) electrons. The molecule has 5 nitrogen and oxygen atoms in total. The second-order valence-corrected chi connectivity index (χ2v) is 6.90. The first kappa shape index (κ1) is 17.7. The SMILES string of the molecule is CC(=O)NCC(=Cc1cccnc1C)B1OC(C)(C)C(C)(C)O1. The first-order valence-electron chi connectivity index (χ1n) is 7.84. The molecule has 0 bridgehead atoms. The van der Waals surface area contributed by atoms with Crippen LogP contribution >= 0.6 is 0 Å². The van der Waals surface area contributed by atoms with Gasteiger partial charge in [-0.15, -0.1) is 0 Å². The molecular formula is C17H25BN2O3. The van der Waals surface area contributed by atoms with Crippen LogP contribution in [0, 0.1) is 6.92 Å². The molecule has 1 aliphatic rings. The lowest BCUT2D eigenvalue weighted by Crippen LogP contribution is -2.41. The highest BCUT2D eigenvalue weighted by Crippen LogP contribution is 2.38. The molecule has 1 saturated heterocycles. The van der Waals surface area contributed by atoms with Gasteiger partial charge >= 0.3 is 7.12 Å². The van der Waals surface area contributed by atoms with Crippen LogP contribution in [0.2, 0.25) is 0 Å². The molecule has 124 valence electrons. The van der Waals surface area contributed by atoms with Crippen molar-refractivity contribution >= 4 is 19.1 Å². The Labute approximate surface area is 138 Å². The summed E-state index contributed by atoms with van der Waals surface area (Å²) in [5.41, 5.74) is 1.94. The van der Waals surface area contributed by atoms with E-state index >= 15 is 0 Å². The molecule has 1 fully saturated rings. The summed E-state index contributed by atoms with van der Waals surface area (Å²) in [4.78, 5) is 15.6. The number of hydrogen-bond acceptors (Lipinski definition) is 4. The summed E-state index contributed by atoms with van der Waals surface area (Å²) >= 11 is 0. The van der Waals surface area contributed by atoms with Crippen molar-refractivity contribution in [2.75, 3.05) is 6.54 Å². The van der Waals surface area contributed by atoms with Crippen LogP contribution in [0.3, 0.4) is 0 Å². The molecular weight excluding hydrogens is 291 g/mol. The average Bonchev–Trinajstić information content (AvgIpc) is 2.65. The van der Waals surface area contributed by atoms with Gasteiger partial charge in [0.25, 0.3) is 0 Å². The van der Waals surface area contributed by atoms with Crippen molar-refractivity contribution in [1.82, 2.24) is 10.3 Å². The second-order valence-electron chi connectivity index (χ2n) is 6.90. The molecule has 0 atom stereocenters. The van der Waals surface area contributed by atoms with E-state index in [0.717, 1.165) is 16.7 Å².